The summed E-state index contributed by atoms with van der Waals surface area (Å²) in [4.78, 5) is 13.9. The third kappa shape index (κ3) is 2.94. The molecule has 1 aromatic heterocycles. The predicted molar refractivity (Wildman–Crippen MR) is 91.5 cm³/mol. The molecule has 0 unspecified atom stereocenters. The highest BCUT2D eigenvalue weighted by Crippen LogP contribution is 2.25. The van der Waals surface area contributed by atoms with E-state index in [1.165, 1.54) is 15.1 Å². The van der Waals surface area contributed by atoms with Crippen molar-refractivity contribution in [2.24, 2.45) is 7.05 Å². The van der Waals surface area contributed by atoms with Gasteiger partial charge in [-0.1, -0.05) is 6.07 Å². The molecule has 0 atom stereocenters. The van der Waals surface area contributed by atoms with Crippen molar-refractivity contribution in [3.05, 3.63) is 51.9 Å². The molecule has 128 valence electrons. The number of aromatic nitrogens is 2. The molecule has 0 spiro atoms. The van der Waals surface area contributed by atoms with Crippen LogP contribution in [0.4, 0.5) is 5.69 Å². The molecule has 0 saturated heterocycles. The summed E-state index contributed by atoms with van der Waals surface area (Å²) >= 11 is 0. The second-order valence-corrected chi connectivity index (χ2v) is 8.00. The second-order valence-electron chi connectivity index (χ2n) is 6.06. The van der Waals surface area contributed by atoms with Gasteiger partial charge in [0.1, 0.15) is 0 Å². The van der Waals surface area contributed by atoms with Gasteiger partial charge in [0.2, 0.25) is 10.0 Å². The third-order valence-electron chi connectivity index (χ3n) is 4.17. The summed E-state index contributed by atoms with van der Waals surface area (Å²) in [6.07, 6.45) is 0.496. The highest BCUT2D eigenvalue weighted by molar-refractivity contribution is 7.89. The van der Waals surface area contributed by atoms with Crippen molar-refractivity contribution in [3.63, 3.8) is 0 Å². The van der Waals surface area contributed by atoms with Crippen molar-refractivity contribution in [1.29, 1.82) is 0 Å². The van der Waals surface area contributed by atoms with Gasteiger partial charge in [-0.2, -0.15) is 9.40 Å². The van der Waals surface area contributed by atoms with Crippen LogP contribution >= 0.6 is 0 Å². The molecule has 2 heterocycles. The number of sulfonamides is 1. The molecule has 0 N–H and O–H groups in total. The van der Waals surface area contributed by atoms with E-state index in [0.29, 0.717) is 18.5 Å². The zero-order chi connectivity index (χ0) is 17.5. The van der Waals surface area contributed by atoms with Crippen LogP contribution in [0.5, 0.6) is 0 Å². The van der Waals surface area contributed by atoms with Gasteiger partial charge in [-0.05, 0) is 23.8 Å². The standard InChI is InChI=1S/C16H20N4O3S/c1-18(2)13-5-4-6-14(10-13)24(22,23)20-8-7-15-12(11-20)9-16(21)19(3)17-15/h4-6,9-10H,7-8,11H2,1-3H3. The fourth-order valence-corrected chi connectivity index (χ4v) is 4.20. The fourth-order valence-electron chi connectivity index (χ4n) is 2.74. The molecule has 0 saturated carbocycles. The normalized spacial score (nSPS) is 15.1. The van der Waals surface area contributed by atoms with E-state index in [-0.39, 0.29) is 17.0 Å². The van der Waals surface area contributed by atoms with E-state index in [2.05, 4.69) is 5.10 Å². The SMILES string of the molecule is CN(C)c1cccc(S(=O)(=O)N2CCc3nn(C)c(=O)cc3C2)c1. The molecule has 1 aromatic carbocycles. The van der Waals surface area contributed by atoms with E-state index in [1.54, 1.807) is 25.2 Å². The molecule has 8 heteroatoms. The van der Waals surface area contributed by atoms with Gasteiger partial charge < -0.3 is 4.90 Å². The van der Waals surface area contributed by atoms with E-state index in [9.17, 15) is 13.2 Å². The lowest BCUT2D eigenvalue weighted by molar-refractivity contribution is 0.382. The first-order valence-corrected chi connectivity index (χ1v) is 9.06. The predicted octanol–water partition coefficient (Wildman–Crippen LogP) is 0.593. The Hall–Kier alpha value is -2.19. The van der Waals surface area contributed by atoms with Crippen LogP contribution in [0.3, 0.4) is 0 Å². The van der Waals surface area contributed by atoms with Gasteiger partial charge in [-0.15, -0.1) is 0 Å². The number of benzene rings is 1. The van der Waals surface area contributed by atoms with Crippen LogP contribution in [0.1, 0.15) is 11.3 Å². The minimum Gasteiger partial charge on any atom is -0.378 e. The van der Waals surface area contributed by atoms with Crippen molar-refractivity contribution in [2.45, 2.75) is 17.9 Å². The van der Waals surface area contributed by atoms with E-state index in [1.807, 2.05) is 25.1 Å². The van der Waals surface area contributed by atoms with Crippen molar-refractivity contribution in [2.75, 3.05) is 25.5 Å². The lowest BCUT2D eigenvalue weighted by Crippen LogP contribution is -2.38. The van der Waals surface area contributed by atoms with Gasteiger partial charge >= 0.3 is 0 Å². The molecule has 0 fully saturated rings. The molecule has 0 aliphatic carbocycles. The van der Waals surface area contributed by atoms with E-state index in [0.717, 1.165) is 11.4 Å². The van der Waals surface area contributed by atoms with Crippen LogP contribution in [0.2, 0.25) is 0 Å². The Balaban J connectivity index is 1.95. The molecule has 7 nitrogen and oxygen atoms in total. The number of rotatable bonds is 3. The average Bonchev–Trinajstić information content (AvgIpc) is 2.55. The molecule has 1 aliphatic rings. The summed E-state index contributed by atoms with van der Waals surface area (Å²) < 4.78 is 28.5. The van der Waals surface area contributed by atoms with Crippen LogP contribution in [-0.2, 0) is 30.0 Å². The van der Waals surface area contributed by atoms with E-state index in [4.69, 9.17) is 0 Å². The minimum atomic E-state index is -3.61. The molecule has 2 aromatic rings. The third-order valence-corrected chi connectivity index (χ3v) is 6.02. The number of nitrogens with zero attached hydrogens (tertiary/aromatic N) is 4. The molecule has 0 amide bonds. The quantitative estimate of drug-likeness (QED) is 0.812. The van der Waals surface area contributed by atoms with Gasteiger partial charge in [0.25, 0.3) is 5.56 Å². The van der Waals surface area contributed by atoms with Crippen molar-refractivity contribution in [3.8, 4) is 0 Å². The Bertz CT molecular complexity index is 935. The molecule has 1 aliphatic heterocycles. The van der Waals surface area contributed by atoms with Gasteiger partial charge in [-0.25, -0.2) is 13.1 Å². The van der Waals surface area contributed by atoms with Gasteiger partial charge in [0.05, 0.1) is 10.6 Å². The molecule has 24 heavy (non-hydrogen) atoms. The van der Waals surface area contributed by atoms with E-state index < -0.39 is 10.0 Å². The Labute approximate surface area is 141 Å². The maximum atomic E-state index is 12.9. The van der Waals surface area contributed by atoms with Gasteiger partial charge in [0, 0.05) is 52.4 Å². The summed E-state index contributed by atoms with van der Waals surface area (Å²) in [7, 11) is 1.71. The summed E-state index contributed by atoms with van der Waals surface area (Å²) in [6, 6.07) is 8.32. The first-order valence-electron chi connectivity index (χ1n) is 7.62. The Morgan fingerprint density at radius 3 is 2.67 bits per heavy atom. The van der Waals surface area contributed by atoms with Gasteiger partial charge in [-0.3, -0.25) is 4.79 Å². The largest absolute Gasteiger partial charge is 0.378 e. The highest BCUT2D eigenvalue weighted by Gasteiger charge is 2.29. The minimum absolute atomic E-state index is 0.174. The lowest BCUT2D eigenvalue weighted by Gasteiger charge is -2.27. The summed E-state index contributed by atoms with van der Waals surface area (Å²) in [5.74, 6) is 0. The Morgan fingerprint density at radius 2 is 1.96 bits per heavy atom. The summed E-state index contributed by atoms with van der Waals surface area (Å²) in [6.45, 7) is 0.527. The maximum Gasteiger partial charge on any atom is 0.266 e. The molecule has 3 rings (SSSR count). The number of hydrogen-bond donors (Lipinski definition) is 0. The van der Waals surface area contributed by atoms with Gasteiger partial charge in [0.15, 0.2) is 0 Å². The molecule has 0 radical (unpaired) electrons. The summed E-state index contributed by atoms with van der Waals surface area (Å²) in [5, 5.41) is 4.22. The Kier molecular flexibility index (Phi) is 4.18. The number of fused-ring (bicyclic) bond motifs is 1. The van der Waals surface area contributed by atoms with E-state index >= 15 is 0 Å². The van der Waals surface area contributed by atoms with Crippen LogP contribution in [0.15, 0.2) is 40.0 Å². The van der Waals surface area contributed by atoms with Crippen LogP contribution in [0.25, 0.3) is 0 Å². The number of aryl methyl sites for hydroxylation is 1. The first-order chi connectivity index (χ1) is 11.3. The van der Waals surface area contributed by atoms with Crippen LogP contribution in [0, 0.1) is 0 Å². The lowest BCUT2D eigenvalue weighted by atomic mass is 10.1. The molecular weight excluding hydrogens is 328 g/mol. The monoisotopic (exact) mass is 348 g/mol. The van der Waals surface area contributed by atoms with Crippen molar-refractivity contribution >= 4 is 15.7 Å². The summed E-state index contributed by atoms with van der Waals surface area (Å²) in [5.41, 5.74) is 2.05. The van der Waals surface area contributed by atoms with Crippen molar-refractivity contribution < 1.29 is 8.42 Å². The van der Waals surface area contributed by atoms with Crippen LogP contribution in [-0.4, -0.2) is 43.1 Å². The second kappa shape index (κ2) is 6.03. The van der Waals surface area contributed by atoms with Crippen LogP contribution < -0.4 is 10.5 Å². The topological polar surface area (TPSA) is 75.5 Å². The molecule has 0 bridgehead atoms. The van der Waals surface area contributed by atoms with Crippen molar-refractivity contribution in [1.82, 2.24) is 14.1 Å². The smallest absolute Gasteiger partial charge is 0.266 e. The zero-order valence-corrected chi connectivity index (χ0v) is 14.7. The molecular formula is C16H20N4O3S. The fraction of sp³-hybridized carbons (Fsp3) is 0.375. The number of hydrogen-bond acceptors (Lipinski definition) is 5. The first kappa shape index (κ1) is 16.7. The zero-order valence-electron chi connectivity index (χ0n) is 13.9. The Morgan fingerprint density at radius 1 is 1.21 bits per heavy atom. The maximum absolute atomic E-state index is 12.9. The number of anilines is 1. The average molecular weight is 348 g/mol. The highest BCUT2D eigenvalue weighted by atomic mass is 32.2.